The zero-order valence-electron chi connectivity index (χ0n) is 9.08. The molecule has 0 bridgehead atoms. The van der Waals surface area contributed by atoms with Crippen LogP contribution in [0.25, 0.3) is 10.9 Å². The summed E-state index contributed by atoms with van der Waals surface area (Å²) in [5, 5.41) is 9.70. The molecular formula is C12H9BrN2O2. The van der Waals surface area contributed by atoms with Gasteiger partial charge in [0.05, 0.1) is 18.2 Å². The third-order valence-corrected chi connectivity index (χ3v) is 2.97. The van der Waals surface area contributed by atoms with Crippen molar-refractivity contribution in [2.75, 3.05) is 6.61 Å². The Kier molecular flexibility index (Phi) is 3.16. The third-order valence-electron chi connectivity index (χ3n) is 2.31. The van der Waals surface area contributed by atoms with Crippen LogP contribution in [0.15, 0.2) is 22.7 Å². The Balaban J connectivity index is 2.54. The van der Waals surface area contributed by atoms with E-state index in [0.29, 0.717) is 17.9 Å². The van der Waals surface area contributed by atoms with Gasteiger partial charge in [-0.05, 0) is 25.1 Å². The molecule has 0 radical (unpaired) electrons. The Hall–Kier alpha value is -1.80. The van der Waals surface area contributed by atoms with Gasteiger partial charge in [-0.25, -0.2) is 4.79 Å². The Morgan fingerprint density at radius 3 is 2.94 bits per heavy atom. The molecular weight excluding hydrogens is 284 g/mol. The van der Waals surface area contributed by atoms with Gasteiger partial charge in [0.25, 0.3) is 0 Å². The maximum Gasteiger partial charge on any atom is 0.354 e. The molecule has 4 nitrogen and oxygen atoms in total. The average Bonchev–Trinajstić information content (AvgIpc) is 2.73. The van der Waals surface area contributed by atoms with Crippen LogP contribution in [0.2, 0.25) is 0 Å². The van der Waals surface area contributed by atoms with Gasteiger partial charge in [-0.1, -0.05) is 15.9 Å². The molecule has 1 N–H and O–H groups in total. The van der Waals surface area contributed by atoms with Gasteiger partial charge in [-0.15, -0.1) is 0 Å². The topological polar surface area (TPSA) is 65.9 Å². The number of carbonyl (C=O) groups is 1. The number of fused-ring (bicyclic) bond motifs is 1. The largest absolute Gasteiger partial charge is 0.461 e. The van der Waals surface area contributed by atoms with E-state index >= 15 is 0 Å². The van der Waals surface area contributed by atoms with E-state index in [2.05, 4.69) is 27.0 Å². The fourth-order valence-electron chi connectivity index (χ4n) is 1.58. The van der Waals surface area contributed by atoms with Gasteiger partial charge in [-0.2, -0.15) is 5.26 Å². The highest BCUT2D eigenvalue weighted by Gasteiger charge is 2.12. The SMILES string of the molecule is CCOC(=O)c1cc2c(Br)cc(C#N)cc2[nH]1. The van der Waals surface area contributed by atoms with Crippen molar-refractivity contribution in [3.8, 4) is 6.07 Å². The summed E-state index contributed by atoms with van der Waals surface area (Å²) in [6.07, 6.45) is 0. The van der Waals surface area contributed by atoms with Crippen LogP contribution in [0.1, 0.15) is 23.0 Å². The standard InChI is InChI=1S/C12H9BrN2O2/c1-2-17-12(16)11-5-8-9(13)3-7(6-14)4-10(8)15-11/h3-5,15H,2H2,1H3. The molecule has 86 valence electrons. The van der Waals surface area contributed by atoms with Gasteiger partial charge in [0.2, 0.25) is 0 Å². The van der Waals surface area contributed by atoms with Crippen molar-refractivity contribution >= 4 is 32.8 Å². The van der Waals surface area contributed by atoms with Gasteiger partial charge in [0.15, 0.2) is 0 Å². The van der Waals surface area contributed by atoms with Crippen LogP contribution in [0.5, 0.6) is 0 Å². The maximum absolute atomic E-state index is 11.5. The Bertz CT molecular complexity index is 625. The Morgan fingerprint density at radius 2 is 2.29 bits per heavy atom. The summed E-state index contributed by atoms with van der Waals surface area (Å²) in [6, 6.07) is 7.17. The predicted octanol–water partition coefficient (Wildman–Crippen LogP) is 2.98. The van der Waals surface area contributed by atoms with Crippen molar-refractivity contribution in [2.45, 2.75) is 6.92 Å². The molecule has 0 aliphatic carbocycles. The minimum atomic E-state index is -0.394. The van der Waals surface area contributed by atoms with E-state index in [1.54, 1.807) is 25.1 Å². The number of aromatic nitrogens is 1. The number of nitrogens with one attached hydrogen (secondary N) is 1. The summed E-state index contributed by atoms with van der Waals surface area (Å²) in [7, 11) is 0. The number of aromatic amines is 1. The summed E-state index contributed by atoms with van der Waals surface area (Å²) in [4.78, 5) is 14.5. The molecule has 1 aromatic heterocycles. The van der Waals surface area contributed by atoms with E-state index in [9.17, 15) is 4.79 Å². The quantitative estimate of drug-likeness (QED) is 0.866. The number of H-pyrrole nitrogens is 1. The lowest BCUT2D eigenvalue weighted by atomic mass is 10.2. The molecule has 2 aromatic rings. The van der Waals surface area contributed by atoms with Crippen molar-refractivity contribution in [2.24, 2.45) is 0 Å². The Morgan fingerprint density at radius 1 is 1.53 bits per heavy atom. The molecule has 2 rings (SSSR count). The first-order valence-electron chi connectivity index (χ1n) is 5.05. The number of carbonyl (C=O) groups excluding carboxylic acids is 1. The molecule has 0 atom stereocenters. The smallest absolute Gasteiger partial charge is 0.354 e. The van der Waals surface area contributed by atoms with E-state index in [1.165, 1.54) is 0 Å². The highest BCUT2D eigenvalue weighted by molar-refractivity contribution is 9.10. The zero-order valence-corrected chi connectivity index (χ0v) is 10.7. The van der Waals surface area contributed by atoms with Gasteiger partial charge < -0.3 is 9.72 Å². The summed E-state index contributed by atoms with van der Waals surface area (Å²) in [5.74, 6) is -0.394. The van der Waals surface area contributed by atoms with E-state index in [1.807, 2.05) is 0 Å². The van der Waals surface area contributed by atoms with Crippen LogP contribution in [-0.2, 0) is 4.74 Å². The van der Waals surface area contributed by atoms with Crippen molar-refractivity contribution in [3.05, 3.63) is 33.9 Å². The number of nitrogens with zero attached hydrogens (tertiary/aromatic N) is 1. The summed E-state index contributed by atoms with van der Waals surface area (Å²) >= 11 is 3.37. The molecule has 0 aliphatic heterocycles. The van der Waals surface area contributed by atoms with Crippen LogP contribution in [-0.4, -0.2) is 17.6 Å². The lowest BCUT2D eigenvalue weighted by Gasteiger charge is -1.96. The summed E-state index contributed by atoms with van der Waals surface area (Å²) < 4.78 is 5.68. The van der Waals surface area contributed by atoms with Crippen LogP contribution in [0.4, 0.5) is 0 Å². The number of nitriles is 1. The van der Waals surface area contributed by atoms with Crippen molar-refractivity contribution < 1.29 is 9.53 Å². The van der Waals surface area contributed by atoms with E-state index in [-0.39, 0.29) is 0 Å². The number of hydrogen-bond acceptors (Lipinski definition) is 3. The third kappa shape index (κ3) is 2.17. The van der Waals surface area contributed by atoms with Gasteiger partial charge in [0.1, 0.15) is 5.69 Å². The molecule has 0 fully saturated rings. The predicted molar refractivity (Wildman–Crippen MR) is 66.7 cm³/mol. The van der Waals surface area contributed by atoms with Crippen LogP contribution in [0, 0.1) is 11.3 Å². The van der Waals surface area contributed by atoms with Crippen molar-refractivity contribution in [1.82, 2.24) is 4.98 Å². The van der Waals surface area contributed by atoms with Gasteiger partial charge in [0, 0.05) is 15.4 Å². The van der Waals surface area contributed by atoms with Crippen LogP contribution >= 0.6 is 15.9 Å². The number of benzene rings is 1. The second-order valence-corrected chi connectivity index (χ2v) is 4.29. The van der Waals surface area contributed by atoms with Crippen LogP contribution in [0.3, 0.4) is 0 Å². The average molecular weight is 293 g/mol. The van der Waals surface area contributed by atoms with Crippen molar-refractivity contribution in [1.29, 1.82) is 5.26 Å². The first-order valence-corrected chi connectivity index (χ1v) is 5.84. The highest BCUT2D eigenvalue weighted by Crippen LogP contribution is 2.26. The monoisotopic (exact) mass is 292 g/mol. The lowest BCUT2D eigenvalue weighted by molar-refractivity contribution is 0.0520. The molecule has 0 unspecified atom stereocenters. The molecule has 17 heavy (non-hydrogen) atoms. The minimum absolute atomic E-state index is 0.332. The lowest BCUT2D eigenvalue weighted by Crippen LogP contribution is -2.04. The molecule has 1 heterocycles. The molecule has 0 spiro atoms. The Labute approximate surface area is 106 Å². The van der Waals surface area contributed by atoms with Crippen LogP contribution < -0.4 is 0 Å². The molecule has 0 amide bonds. The normalized spacial score (nSPS) is 10.2. The second-order valence-electron chi connectivity index (χ2n) is 3.43. The molecule has 0 aliphatic rings. The number of ether oxygens (including phenoxy) is 1. The molecule has 1 aromatic carbocycles. The fraction of sp³-hybridized carbons (Fsp3) is 0.167. The first kappa shape index (κ1) is 11.7. The first-order chi connectivity index (χ1) is 8.15. The molecule has 0 saturated carbocycles. The van der Waals surface area contributed by atoms with E-state index < -0.39 is 5.97 Å². The molecule has 0 saturated heterocycles. The summed E-state index contributed by atoms with van der Waals surface area (Å²) in [5.41, 5.74) is 1.65. The number of hydrogen-bond donors (Lipinski definition) is 1. The minimum Gasteiger partial charge on any atom is -0.461 e. The number of esters is 1. The number of rotatable bonds is 2. The summed E-state index contributed by atoms with van der Waals surface area (Å²) in [6.45, 7) is 2.09. The molecule has 5 heteroatoms. The maximum atomic E-state index is 11.5. The van der Waals surface area contributed by atoms with E-state index in [0.717, 1.165) is 15.4 Å². The highest BCUT2D eigenvalue weighted by atomic mass is 79.9. The van der Waals surface area contributed by atoms with Crippen molar-refractivity contribution in [3.63, 3.8) is 0 Å². The second kappa shape index (κ2) is 4.60. The van der Waals surface area contributed by atoms with E-state index in [4.69, 9.17) is 10.00 Å². The number of halogens is 1. The zero-order chi connectivity index (χ0) is 12.4. The van der Waals surface area contributed by atoms with Gasteiger partial charge >= 0.3 is 5.97 Å². The fourth-order valence-corrected chi connectivity index (χ4v) is 2.15. The van der Waals surface area contributed by atoms with Gasteiger partial charge in [-0.3, -0.25) is 0 Å².